The van der Waals surface area contributed by atoms with E-state index >= 15 is 0 Å². The van der Waals surface area contributed by atoms with Crippen LogP contribution in [0.15, 0.2) is 83.5 Å². The number of nitrogens with one attached hydrogen (secondary N) is 1. The van der Waals surface area contributed by atoms with Crippen LogP contribution in [0, 0.1) is 11.3 Å². The van der Waals surface area contributed by atoms with Gasteiger partial charge in [0, 0.05) is 47.8 Å². The van der Waals surface area contributed by atoms with Crippen LogP contribution in [0.25, 0.3) is 21.7 Å². The van der Waals surface area contributed by atoms with Crippen molar-refractivity contribution in [3.63, 3.8) is 0 Å². The minimum atomic E-state index is 0.401. The van der Waals surface area contributed by atoms with Crippen LogP contribution in [0.1, 0.15) is 5.56 Å². The van der Waals surface area contributed by atoms with Crippen molar-refractivity contribution in [1.29, 1.82) is 5.26 Å². The Hall–Kier alpha value is -4.79. The zero-order valence-corrected chi connectivity index (χ0v) is 23.6. The molecule has 6 aromatic rings. The number of fused-ring (bicyclic) bond motifs is 2. The van der Waals surface area contributed by atoms with E-state index in [1.165, 1.54) is 11.8 Å². The summed E-state index contributed by atoms with van der Waals surface area (Å²) in [7, 11) is 3.54. The van der Waals surface area contributed by atoms with Crippen molar-refractivity contribution in [1.82, 2.24) is 29.5 Å². The molecule has 3 aromatic carbocycles. The van der Waals surface area contributed by atoms with Crippen molar-refractivity contribution in [2.24, 2.45) is 7.05 Å². The second kappa shape index (κ2) is 11.4. The van der Waals surface area contributed by atoms with E-state index in [1.807, 2.05) is 60.3 Å². The third-order valence-electron chi connectivity index (χ3n) is 6.46. The second-order valence-electron chi connectivity index (χ2n) is 9.09. The highest BCUT2D eigenvalue weighted by Gasteiger charge is 2.15. The van der Waals surface area contributed by atoms with Gasteiger partial charge in [0.05, 0.1) is 41.6 Å². The number of nitriles is 1. The summed E-state index contributed by atoms with van der Waals surface area (Å²) in [4.78, 5) is 9.79. The van der Waals surface area contributed by atoms with Crippen molar-refractivity contribution in [3.05, 3.63) is 84.0 Å². The van der Waals surface area contributed by atoms with Gasteiger partial charge in [-0.15, -0.1) is 5.10 Å². The normalized spacial score (nSPS) is 11.1. The van der Waals surface area contributed by atoms with E-state index in [2.05, 4.69) is 31.7 Å². The van der Waals surface area contributed by atoms with Gasteiger partial charge in [-0.05, 0) is 53.2 Å². The highest BCUT2D eigenvalue weighted by Crippen LogP contribution is 2.39. The van der Waals surface area contributed by atoms with Gasteiger partial charge in [-0.1, -0.05) is 28.6 Å². The van der Waals surface area contributed by atoms with Crippen molar-refractivity contribution >= 4 is 56.4 Å². The predicted molar refractivity (Wildman–Crippen MR) is 158 cm³/mol. The van der Waals surface area contributed by atoms with Gasteiger partial charge in [-0.25, -0.2) is 9.67 Å². The number of aryl methyl sites for hydroxylation is 1. The van der Waals surface area contributed by atoms with Crippen LogP contribution >= 0.6 is 23.4 Å². The van der Waals surface area contributed by atoms with E-state index in [0.29, 0.717) is 40.9 Å². The Kier molecular flexibility index (Phi) is 7.33. The molecule has 3 aromatic heterocycles. The molecular weight excluding hydrogens is 560 g/mol. The van der Waals surface area contributed by atoms with Crippen LogP contribution in [0.3, 0.4) is 0 Å². The molecule has 0 radical (unpaired) electrons. The quantitative estimate of drug-likeness (QED) is 0.198. The first-order valence-electron chi connectivity index (χ1n) is 12.6. The van der Waals surface area contributed by atoms with Crippen LogP contribution in [0.2, 0.25) is 5.02 Å². The number of aromatic nitrogens is 6. The molecule has 0 spiro atoms. The van der Waals surface area contributed by atoms with Gasteiger partial charge in [-0.3, -0.25) is 4.98 Å². The zero-order valence-electron chi connectivity index (χ0n) is 22.1. The van der Waals surface area contributed by atoms with E-state index < -0.39 is 0 Å². The summed E-state index contributed by atoms with van der Waals surface area (Å²) in [5.41, 5.74) is 2.54. The van der Waals surface area contributed by atoms with Gasteiger partial charge in [0.2, 0.25) is 0 Å². The van der Waals surface area contributed by atoms with Gasteiger partial charge in [0.25, 0.3) is 0 Å². The van der Waals surface area contributed by atoms with Crippen molar-refractivity contribution < 1.29 is 9.47 Å². The molecule has 0 aliphatic rings. The second-order valence-corrected chi connectivity index (χ2v) is 10.5. The topological polar surface area (TPSA) is 116 Å². The average molecular weight is 583 g/mol. The molecule has 41 heavy (non-hydrogen) atoms. The Balaban J connectivity index is 1.33. The molecule has 10 nitrogen and oxygen atoms in total. The Morgan fingerprint density at radius 2 is 1.90 bits per heavy atom. The molecule has 0 saturated heterocycles. The Morgan fingerprint density at radius 1 is 1.05 bits per heavy atom. The molecule has 0 aliphatic heterocycles. The monoisotopic (exact) mass is 582 g/mol. The number of pyridine rings is 1. The molecule has 12 heteroatoms. The lowest BCUT2D eigenvalue weighted by molar-refractivity contribution is 0.273. The maximum Gasteiger partial charge on any atom is 0.172 e. The molecule has 0 aliphatic carbocycles. The average Bonchev–Trinajstić information content (AvgIpc) is 3.65. The zero-order chi connectivity index (χ0) is 28.3. The lowest BCUT2D eigenvalue weighted by Gasteiger charge is -2.15. The SMILES string of the molecule is COc1cc2cc3c(Nc4ccc(Sc5nccn5C)c(Cl)c4)c(C#N)cnc3cc2cc1OCCn1ccnn1. The lowest BCUT2D eigenvalue weighted by atomic mass is 10.0. The summed E-state index contributed by atoms with van der Waals surface area (Å²) in [6.07, 6.45) is 8.62. The Morgan fingerprint density at radius 3 is 2.63 bits per heavy atom. The summed E-state index contributed by atoms with van der Waals surface area (Å²) >= 11 is 8.12. The fourth-order valence-electron chi connectivity index (χ4n) is 4.39. The summed E-state index contributed by atoms with van der Waals surface area (Å²) < 4.78 is 15.3. The highest BCUT2D eigenvalue weighted by atomic mass is 35.5. The molecule has 0 unspecified atom stereocenters. The van der Waals surface area contributed by atoms with Crippen LogP contribution in [-0.4, -0.2) is 43.2 Å². The van der Waals surface area contributed by atoms with Gasteiger partial charge in [0.1, 0.15) is 12.7 Å². The smallest absolute Gasteiger partial charge is 0.172 e. The number of nitrogens with zero attached hydrogens (tertiary/aromatic N) is 7. The molecule has 0 bridgehead atoms. The van der Waals surface area contributed by atoms with Crippen molar-refractivity contribution in [2.45, 2.75) is 16.6 Å². The van der Waals surface area contributed by atoms with Crippen LogP contribution in [0.4, 0.5) is 11.4 Å². The minimum absolute atomic E-state index is 0.401. The molecule has 3 heterocycles. The molecule has 204 valence electrons. The number of imidazole rings is 1. The number of rotatable bonds is 9. The van der Waals surface area contributed by atoms with Crippen molar-refractivity contribution in [2.75, 3.05) is 19.0 Å². The largest absolute Gasteiger partial charge is 0.493 e. The van der Waals surface area contributed by atoms with Crippen molar-refractivity contribution in [3.8, 4) is 17.6 Å². The lowest BCUT2D eigenvalue weighted by Crippen LogP contribution is -2.09. The van der Waals surface area contributed by atoms with Gasteiger partial charge >= 0.3 is 0 Å². The molecule has 6 rings (SSSR count). The Labute approximate surface area is 244 Å². The maximum atomic E-state index is 9.89. The Bertz CT molecular complexity index is 1920. The van der Waals surface area contributed by atoms with E-state index in [0.717, 1.165) is 37.4 Å². The minimum Gasteiger partial charge on any atom is -0.493 e. The maximum absolute atomic E-state index is 9.89. The van der Waals surface area contributed by atoms with E-state index in [1.54, 1.807) is 36.6 Å². The number of ether oxygens (including phenoxy) is 2. The van der Waals surface area contributed by atoms with Gasteiger partial charge in [-0.2, -0.15) is 5.26 Å². The summed E-state index contributed by atoms with van der Waals surface area (Å²) in [6.45, 7) is 0.956. The number of hydrogen-bond acceptors (Lipinski definition) is 9. The van der Waals surface area contributed by atoms with Crippen LogP contribution in [0.5, 0.6) is 11.5 Å². The number of halogens is 1. The van der Waals surface area contributed by atoms with E-state index in [9.17, 15) is 5.26 Å². The third-order valence-corrected chi connectivity index (χ3v) is 8.04. The number of hydrogen-bond donors (Lipinski definition) is 1. The van der Waals surface area contributed by atoms with E-state index in [-0.39, 0.29) is 0 Å². The molecule has 0 fully saturated rings. The van der Waals surface area contributed by atoms with Crippen LogP contribution in [-0.2, 0) is 13.6 Å². The molecular formula is C29H23ClN8O2S. The third kappa shape index (κ3) is 5.48. The summed E-state index contributed by atoms with van der Waals surface area (Å²) in [5.74, 6) is 1.21. The molecule has 1 N–H and O–H groups in total. The standard InChI is InChI=1S/C29H23ClN8O2S/c1-37-7-5-32-29(37)41-27-4-3-21(15-23(27)30)35-28-20(16-31)17-33-24-12-19-14-26(40-10-9-38-8-6-34-36-38)25(39-2)13-18(19)11-22(24)28/h3-8,11-15,17H,9-10H2,1-2H3,(H,33,35). The number of anilines is 2. The fraction of sp³-hybridized carbons (Fsp3) is 0.138. The summed E-state index contributed by atoms with van der Waals surface area (Å²) in [5, 5.41) is 25.1. The number of benzene rings is 3. The number of methoxy groups -OCH3 is 1. The predicted octanol–water partition coefficient (Wildman–Crippen LogP) is 6.22. The van der Waals surface area contributed by atoms with Crippen LogP contribution < -0.4 is 14.8 Å². The first-order valence-corrected chi connectivity index (χ1v) is 13.7. The highest BCUT2D eigenvalue weighted by molar-refractivity contribution is 7.99. The first-order chi connectivity index (χ1) is 20.0. The molecule has 0 saturated carbocycles. The summed E-state index contributed by atoms with van der Waals surface area (Å²) in [6, 6.07) is 15.8. The molecule has 0 amide bonds. The van der Waals surface area contributed by atoms with Gasteiger partial charge < -0.3 is 19.4 Å². The fourth-order valence-corrected chi connectivity index (χ4v) is 5.50. The molecule has 0 atom stereocenters. The first kappa shape index (κ1) is 26.4. The van der Waals surface area contributed by atoms with E-state index in [4.69, 9.17) is 21.1 Å². The van der Waals surface area contributed by atoms with Gasteiger partial charge in [0.15, 0.2) is 16.7 Å².